The Hall–Kier alpha value is -2.87. The van der Waals surface area contributed by atoms with Gasteiger partial charge < -0.3 is 0 Å². The molecule has 0 fully saturated rings. The summed E-state index contributed by atoms with van der Waals surface area (Å²) in [7, 11) is 0. The second kappa shape index (κ2) is 6.09. The van der Waals surface area contributed by atoms with Crippen molar-refractivity contribution in [3.63, 3.8) is 0 Å². The van der Waals surface area contributed by atoms with Gasteiger partial charge in [0.1, 0.15) is 0 Å². The van der Waals surface area contributed by atoms with Gasteiger partial charge in [0.05, 0.1) is 17.9 Å². The summed E-state index contributed by atoms with van der Waals surface area (Å²) >= 11 is 0. The summed E-state index contributed by atoms with van der Waals surface area (Å²) in [5.41, 5.74) is 6.12. The van der Waals surface area contributed by atoms with Crippen molar-refractivity contribution in [1.29, 1.82) is 0 Å². The number of benzene rings is 3. The van der Waals surface area contributed by atoms with Gasteiger partial charge in [-0.05, 0) is 22.8 Å². The van der Waals surface area contributed by atoms with Gasteiger partial charge >= 0.3 is 0 Å². The molecule has 1 aliphatic rings. The molecule has 2 heteroatoms. The predicted octanol–water partition coefficient (Wildman–Crippen LogP) is 4.65. The van der Waals surface area contributed by atoms with Gasteiger partial charge in [0.2, 0.25) is 0 Å². The van der Waals surface area contributed by atoms with Crippen LogP contribution in [0.15, 0.2) is 90.0 Å². The van der Waals surface area contributed by atoms with E-state index < -0.39 is 0 Å². The summed E-state index contributed by atoms with van der Waals surface area (Å²) in [4.78, 5) is 0. The lowest BCUT2D eigenvalue weighted by molar-refractivity contribution is 0.831. The molecule has 3 aromatic rings. The Balaban J connectivity index is 1.73. The molecule has 1 heterocycles. The van der Waals surface area contributed by atoms with E-state index >= 15 is 0 Å². The topological polar surface area (TPSA) is 15.6 Å². The average Bonchev–Trinajstić information content (AvgIpc) is 2.63. The quantitative estimate of drug-likeness (QED) is 0.687. The number of anilines is 1. The Morgan fingerprint density at radius 1 is 0.739 bits per heavy atom. The molecule has 0 amide bonds. The van der Waals surface area contributed by atoms with Crippen LogP contribution < -0.4 is 5.01 Å². The van der Waals surface area contributed by atoms with Crippen molar-refractivity contribution in [2.24, 2.45) is 5.10 Å². The third-order valence-corrected chi connectivity index (χ3v) is 4.15. The van der Waals surface area contributed by atoms with Gasteiger partial charge in [-0.2, -0.15) is 5.10 Å². The number of hydrazone groups is 1. The molecule has 0 saturated heterocycles. The maximum absolute atomic E-state index is 4.94. The molecule has 23 heavy (non-hydrogen) atoms. The highest BCUT2D eigenvalue weighted by Crippen LogP contribution is 2.28. The summed E-state index contributed by atoms with van der Waals surface area (Å²) in [6, 6.07) is 29.5. The molecular formula is C21H18N2. The summed E-state index contributed by atoms with van der Waals surface area (Å²) in [6.07, 6.45) is 0.880. The van der Waals surface area contributed by atoms with Gasteiger partial charge in [0.25, 0.3) is 0 Å². The molecule has 0 N–H and O–H groups in total. The standard InChI is InChI=1S/C21H18N2/c1-3-9-17(10-4-1)16-23-21-14-8-7-13-19(21)15-20(22-23)18-11-5-2-6-12-18/h1-14H,15-16H2. The Labute approximate surface area is 136 Å². The number of nitrogens with zero attached hydrogens (tertiary/aromatic N) is 2. The smallest absolute Gasteiger partial charge is 0.0726 e. The van der Waals surface area contributed by atoms with Crippen molar-refractivity contribution in [1.82, 2.24) is 0 Å². The molecule has 0 saturated carbocycles. The van der Waals surface area contributed by atoms with E-state index in [1.165, 1.54) is 22.4 Å². The summed E-state index contributed by atoms with van der Waals surface area (Å²) < 4.78 is 0. The monoisotopic (exact) mass is 298 g/mol. The van der Waals surface area contributed by atoms with Crippen molar-refractivity contribution in [2.75, 3.05) is 5.01 Å². The molecule has 4 rings (SSSR count). The molecule has 0 atom stereocenters. The zero-order valence-electron chi connectivity index (χ0n) is 12.9. The van der Waals surface area contributed by atoms with Gasteiger partial charge in [-0.3, -0.25) is 5.01 Å². The first kappa shape index (κ1) is 13.8. The lowest BCUT2D eigenvalue weighted by atomic mass is 9.99. The van der Waals surface area contributed by atoms with Crippen molar-refractivity contribution in [2.45, 2.75) is 13.0 Å². The molecule has 0 aromatic heterocycles. The van der Waals surface area contributed by atoms with E-state index in [1.54, 1.807) is 0 Å². The fraction of sp³-hybridized carbons (Fsp3) is 0.0952. The van der Waals surface area contributed by atoms with Crippen molar-refractivity contribution in [3.05, 3.63) is 102 Å². The minimum absolute atomic E-state index is 0.786. The number of rotatable bonds is 3. The Bertz CT molecular complexity index is 823. The Morgan fingerprint density at radius 3 is 2.17 bits per heavy atom. The van der Waals surface area contributed by atoms with Crippen LogP contribution in [0.5, 0.6) is 0 Å². The SMILES string of the molecule is c1ccc(CN2N=C(c3ccccc3)Cc3ccccc32)cc1. The fourth-order valence-electron chi connectivity index (χ4n) is 2.99. The van der Waals surface area contributed by atoms with Crippen LogP contribution in [0.25, 0.3) is 0 Å². The van der Waals surface area contributed by atoms with E-state index in [4.69, 9.17) is 5.10 Å². The zero-order valence-corrected chi connectivity index (χ0v) is 12.9. The van der Waals surface area contributed by atoms with E-state index in [0.29, 0.717) is 0 Å². The first-order valence-electron chi connectivity index (χ1n) is 7.92. The molecule has 2 nitrogen and oxygen atoms in total. The molecule has 1 aliphatic heterocycles. The van der Waals surface area contributed by atoms with Crippen molar-refractivity contribution < 1.29 is 0 Å². The van der Waals surface area contributed by atoms with Crippen LogP contribution in [0.4, 0.5) is 5.69 Å². The fourth-order valence-corrected chi connectivity index (χ4v) is 2.99. The van der Waals surface area contributed by atoms with Crippen LogP contribution in [0.2, 0.25) is 0 Å². The van der Waals surface area contributed by atoms with Crippen LogP contribution in [-0.4, -0.2) is 5.71 Å². The van der Waals surface area contributed by atoms with Crippen molar-refractivity contribution >= 4 is 11.4 Å². The Morgan fingerprint density at radius 2 is 1.39 bits per heavy atom. The van der Waals surface area contributed by atoms with Gasteiger partial charge in [-0.15, -0.1) is 0 Å². The maximum atomic E-state index is 4.94. The first-order chi connectivity index (χ1) is 11.4. The lowest BCUT2D eigenvalue weighted by Crippen LogP contribution is -2.26. The minimum atomic E-state index is 0.786. The average molecular weight is 298 g/mol. The Kier molecular flexibility index (Phi) is 3.65. The molecule has 0 bridgehead atoms. The largest absolute Gasteiger partial charge is 0.261 e. The van der Waals surface area contributed by atoms with E-state index in [9.17, 15) is 0 Å². The van der Waals surface area contributed by atoms with Gasteiger partial charge in [-0.25, -0.2) is 0 Å². The van der Waals surface area contributed by atoms with E-state index in [-0.39, 0.29) is 0 Å². The lowest BCUT2D eigenvalue weighted by Gasteiger charge is -2.28. The molecule has 112 valence electrons. The molecule has 3 aromatic carbocycles. The maximum Gasteiger partial charge on any atom is 0.0726 e. The summed E-state index contributed by atoms with van der Waals surface area (Å²) in [5.74, 6) is 0. The number of hydrogen-bond acceptors (Lipinski definition) is 2. The summed E-state index contributed by atoms with van der Waals surface area (Å²) in [6.45, 7) is 0.786. The van der Waals surface area contributed by atoms with Crippen LogP contribution in [0, 0.1) is 0 Å². The molecule has 0 aliphatic carbocycles. The predicted molar refractivity (Wildman–Crippen MR) is 95.8 cm³/mol. The van der Waals surface area contributed by atoms with Crippen LogP contribution in [0.3, 0.4) is 0 Å². The highest BCUT2D eigenvalue weighted by Gasteiger charge is 2.19. The highest BCUT2D eigenvalue weighted by molar-refractivity contribution is 6.04. The van der Waals surface area contributed by atoms with Crippen molar-refractivity contribution in [3.8, 4) is 0 Å². The second-order valence-electron chi connectivity index (χ2n) is 5.76. The number of para-hydroxylation sites is 1. The third-order valence-electron chi connectivity index (χ3n) is 4.15. The van der Waals surface area contributed by atoms with Crippen LogP contribution in [0.1, 0.15) is 16.7 Å². The molecule has 0 radical (unpaired) electrons. The first-order valence-corrected chi connectivity index (χ1v) is 7.92. The summed E-state index contributed by atoms with van der Waals surface area (Å²) in [5, 5.41) is 7.06. The highest BCUT2D eigenvalue weighted by atomic mass is 15.5. The number of hydrogen-bond donors (Lipinski definition) is 0. The molecule has 0 unspecified atom stereocenters. The normalized spacial score (nSPS) is 13.4. The van der Waals surface area contributed by atoms with E-state index in [1.807, 2.05) is 12.1 Å². The second-order valence-corrected chi connectivity index (χ2v) is 5.76. The zero-order chi connectivity index (χ0) is 15.5. The molecule has 0 spiro atoms. The third kappa shape index (κ3) is 2.88. The minimum Gasteiger partial charge on any atom is -0.261 e. The van der Waals surface area contributed by atoms with E-state index in [2.05, 4.69) is 77.8 Å². The van der Waals surface area contributed by atoms with E-state index in [0.717, 1.165) is 18.7 Å². The van der Waals surface area contributed by atoms with Gasteiger partial charge in [0.15, 0.2) is 0 Å². The number of fused-ring (bicyclic) bond motifs is 1. The molecular weight excluding hydrogens is 280 g/mol. The van der Waals surface area contributed by atoms with Gasteiger partial charge in [-0.1, -0.05) is 78.9 Å². The van der Waals surface area contributed by atoms with Gasteiger partial charge in [0, 0.05) is 6.42 Å². The van der Waals surface area contributed by atoms with Crippen LogP contribution in [-0.2, 0) is 13.0 Å². The van der Waals surface area contributed by atoms with Crippen LogP contribution >= 0.6 is 0 Å².